The van der Waals surface area contributed by atoms with Crippen molar-refractivity contribution in [3.63, 3.8) is 0 Å². The molecule has 1 aromatic carbocycles. The molecule has 0 bridgehead atoms. The molecule has 3 N–H and O–H groups in total. The molecule has 0 aliphatic carbocycles. The first-order valence-corrected chi connectivity index (χ1v) is 9.64. The number of thiazole rings is 1. The summed E-state index contributed by atoms with van der Waals surface area (Å²) >= 11 is 1.42. The second-order valence-corrected chi connectivity index (χ2v) is 7.69. The lowest BCUT2D eigenvalue weighted by atomic mass is 10.1. The number of primary sulfonamides is 1. The number of nitrogens with two attached hydrogens (primary N) is 1. The lowest BCUT2D eigenvalue weighted by Gasteiger charge is -2.06. The van der Waals surface area contributed by atoms with E-state index in [0.717, 1.165) is 12.0 Å². The Morgan fingerprint density at radius 1 is 1.25 bits per heavy atom. The summed E-state index contributed by atoms with van der Waals surface area (Å²) < 4.78 is 23.9. The molecule has 126 valence electrons. The Balaban J connectivity index is 1.55. The Labute approximate surface area is 142 Å². The fourth-order valence-electron chi connectivity index (χ4n) is 2.27. The topological polar surface area (TPSA) is 107 Å². The van der Waals surface area contributed by atoms with Gasteiger partial charge in [0.15, 0.2) is 4.96 Å². The van der Waals surface area contributed by atoms with Crippen molar-refractivity contribution in [2.75, 3.05) is 6.54 Å². The van der Waals surface area contributed by atoms with Crippen LogP contribution in [-0.4, -0.2) is 24.3 Å². The lowest BCUT2D eigenvalue weighted by molar-refractivity contribution is 0.597. The fraction of sp³-hybridized carbons (Fsp3) is 0.200. The maximum absolute atomic E-state index is 11.9. The summed E-state index contributed by atoms with van der Waals surface area (Å²) in [4.78, 5) is 17.1. The van der Waals surface area contributed by atoms with E-state index in [1.165, 1.54) is 33.9 Å². The monoisotopic (exact) mass is 364 g/mol. The molecule has 0 saturated heterocycles. The predicted molar refractivity (Wildman–Crippen MR) is 92.6 cm³/mol. The molecule has 0 unspecified atom stereocenters. The first-order valence-electron chi connectivity index (χ1n) is 7.22. The molecule has 0 aliphatic heterocycles. The largest absolute Gasteiger partial charge is 0.311 e. The van der Waals surface area contributed by atoms with Gasteiger partial charge in [0.2, 0.25) is 10.0 Å². The summed E-state index contributed by atoms with van der Waals surface area (Å²) in [5.41, 5.74) is 1.61. The van der Waals surface area contributed by atoms with Crippen LogP contribution in [0.2, 0.25) is 0 Å². The quantitative estimate of drug-likeness (QED) is 0.627. The Morgan fingerprint density at radius 2 is 2.00 bits per heavy atom. The molecule has 0 amide bonds. The highest BCUT2D eigenvalue weighted by atomic mass is 32.2. The molecule has 0 spiro atoms. The number of hydrogen-bond donors (Lipinski definition) is 2. The second-order valence-electron chi connectivity index (χ2n) is 5.26. The number of aromatic nitrogens is 2. The second kappa shape index (κ2) is 6.81. The molecular weight excluding hydrogens is 348 g/mol. The number of nitrogens with zero attached hydrogens (tertiary/aromatic N) is 2. The van der Waals surface area contributed by atoms with Crippen LogP contribution in [-0.2, 0) is 23.0 Å². The van der Waals surface area contributed by atoms with E-state index in [1.54, 1.807) is 18.3 Å². The number of fused-ring (bicyclic) bond motifs is 1. The maximum atomic E-state index is 11.9. The van der Waals surface area contributed by atoms with Crippen molar-refractivity contribution in [3.8, 4) is 0 Å². The average Bonchev–Trinajstić information content (AvgIpc) is 3.00. The first-order chi connectivity index (χ1) is 11.4. The molecule has 0 atom stereocenters. The number of nitrogens with one attached hydrogen (secondary N) is 1. The van der Waals surface area contributed by atoms with Gasteiger partial charge < -0.3 is 5.32 Å². The van der Waals surface area contributed by atoms with Gasteiger partial charge in [-0.15, -0.1) is 11.3 Å². The van der Waals surface area contributed by atoms with Crippen molar-refractivity contribution in [1.82, 2.24) is 14.7 Å². The van der Waals surface area contributed by atoms with Crippen molar-refractivity contribution in [2.45, 2.75) is 17.9 Å². The van der Waals surface area contributed by atoms with Gasteiger partial charge in [-0.1, -0.05) is 12.1 Å². The number of sulfonamides is 1. The SMILES string of the molecule is NS(=O)(=O)c1ccc(CCNCc2cc(=O)n3ccsc3n2)cc1. The van der Waals surface area contributed by atoms with Gasteiger partial charge in [0.1, 0.15) is 0 Å². The van der Waals surface area contributed by atoms with Crippen molar-refractivity contribution < 1.29 is 8.42 Å². The van der Waals surface area contributed by atoms with E-state index in [-0.39, 0.29) is 10.5 Å². The number of rotatable bonds is 6. The Hall–Kier alpha value is -2.07. The lowest BCUT2D eigenvalue weighted by Crippen LogP contribution is -2.20. The zero-order valence-electron chi connectivity index (χ0n) is 12.7. The highest BCUT2D eigenvalue weighted by Gasteiger charge is 2.07. The molecule has 9 heteroatoms. The van der Waals surface area contributed by atoms with Gasteiger partial charge in [0, 0.05) is 24.2 Å². The highest BCUT2D eigenvalue weighted by Crippen LogP contribution is 2.09. The van der Waals surface area contributed by atoms with Gasteiger partial charge in [-0.2, -0.15) is 0 Å². The smallest absolute Gasteiger partial charge is 0.258 e. The number of benzene rings is 1. The molecule has 0 aliphatic rings. The van der Waals surface area contributed by atoms with Crippen molar-refractivity contribution in [1.29, 1.82) is 0 Å². The van der Waals surface area contributed by atoms with E-state index in [1.807, 2.05) is 5.38 Å². The Morgan fingerprint density at radius 3 is 2.71 bits per heavy atom. The molecule has 3 aromatic rings. The summed E-state index contributed by atoms with van der Waals surface area (Å²) in [7, 11) is -3.65. The standard InChI is InChI=1S/C15H16N4O3S2/c16-24(21,22)13-3-1-11(2-4-13)5-6-17-10-12-9-14(20)19-7-8-23-15(19)18-12/h1-4,7-9,17H,5-6,10H2,(H2,16,21,22). The molecule has 24 heavy (non-hydrogen) atoms. The zero-order valence-corrected chi connectivity index (χ0v) is 14.3. The van der Waals surface area contributed by atoms with Gasteiger partial charge in [-0.05, 0) is 30.7 Å². The molecule has 7 nitrogen and oxygen atoms in total. The Kier molecular flexibility index (Phi) is 4.76. The highest BCUT2D eigenvalue weighted by molar-refractivity contribution is 7.89. The van der Waals surface area contributed by atoms with Gasteiger partial charge >= 0.3 is 0 Å². The first kappa shape index (κ1) is 16.8. The van der Waals surface area contributed by atoms with Crippen LogP contribution >= 0.6 is 11.3 Å². The van der Waals surface area contributed by atoms with E-state index < -0.39 is 10.0 Å². The molecule has 0 radical (unpaired) electrons. The molecular formula is C15H16N4O3S2. The van der Waals surface area contributed by atoms with E-state index in [9.17, 15) is 13.2 Å². The van der Waals surface area contributed by atoms with Crippen molar-refractivity contribution in [2.24, 2.45) is 5.14 Å². The van der Waals surface area contributed by atoms with Crippen LogP contribution in [0.15, 0.2) is 51.6 Å². The van der Waals surface area contributed by atoms with E-state index in [0.29, 0.717) is 23.7 Å². The Bertz CT molecular complexity index is 1010. The van der Waals surface area contributed by atoms with Gasteiger partial charge in [0.25, 0.3) is 5.56 Å². The van der Waals surface area contributed by atoms with Crippen molar-refractivity contribution >= 4 is 26.3 Å². The van der Waals surface area contributed by atoms with Crippen molar-refractivity contribution in [3.05, 3.63) is 63.5 Å². The summed E-state index contributed by atoms with van der Waals surface area (Å²) in [6.07, 6.45) is 2.43. The van der Waals surface area contributed by atoms with E-state index in [2.05, 4.69) is 10.3 Å². The summed E-state index contributed by atoms with van der Waals surface area (Å²) in [6, 6.07) is 8.00. The minimum atomic E-state index is -3.65. The molecule has 2 aromatic heterocycles. The van der Waals surface area contributed by atoms with Crippen LogP contribution in [0.4, 0.5) is 0 Å². The summed E-state index contributed by atoms with van der Waals surface area (Å²) in [5.74, 6) is 0. The number of hydrogen-bond acceptors (Lipinski definition) is 6. The summed E-state index contributed by atoms with van der Waals surface area (Å²) in [5, 5.41) is 10.1. The molecule has 0 saturated carbocycles. The van der Waals surface area contributed by atoms with Gasteiger partial charge in [0.05, 0.1) is 10.6 Å². The molecule has 0 fully saturated rings. The zero-order chi connectivity index (χ0) is 17.2. The van der Waals surface area contributed by atoms with Crippen LogP contribution in [0.5, 0.6) is 0 Å². The summed E-state index contributed by atoms with van der Waals surface area (Å²) in [6.45, 7) is 1.18. The predicted octanol–water partition coefficient (Wildman–Crippen LogP) is 0.736. The van der Waals surface area contributed by atoms with Crippen LogP contribution in [0.3, 0.4) is 0 Å². The third-order valence-corrected chi connectivity index (χ3v) is 5.19. The van der Waals surface area contributed by atoms with Crippen LogP contribution in [0, 0.1) is 0 Å². The molecule has 2 heterocycles. The fourth-order valence-corrected chi connectivity index (χ4v) is 3.53. The van der Waals surface area contributed by atoms with Gasteiger partial charge in [-0.25, -0.2) is 18.5 Å². The maximum Gasteiger partial charge on any atom is 0.258 e. The van der Waals surface area contributed by atoms with Crippen LogP contribution < -0.4 is 16.0 Å². The van der Waals surface area contributed by atoms with E-state index >= 15 is 0 Å². The van der Waals surface area contributed by atoms with Crippen LogP contribution in [0.1, 0.15) is 11.3 Å². The van der Waals surface area contributed by atoms with E-state index in [4.69, 9.17) is 5.14 Å². The van der Waals surface area contributed by atoms with Gasteiger partial charge in [-0.3, -0.25) is 9.20 Å². The minimum Gasteiger partial charge on any atom is -0.311 e. The van der Waals surface area contributed by atoms with Crippen LogP contribution in [0.25, 0.3) is 4.96 Å². The normalized spacial score (nSPS) is 11.9. The minimum absolute atomic E-state index is 0.0865. The third-order valence-electron chi connectivity index (χ3n) is 3.50. The molecule has 3 rings (SSSR count). The average molecular weight is 364 g/mol. The third kappa shape index (κ3) is 3.88.